The number of pyridine rings is 1. The summed E-state index contributed by atoms with van der Waals surface area (Å²) in [4.78, 5) is 18.9. The first-order chi connectivity index (χ1) is 11.8. The SMILES string of the molecule is CCN(Cc1ccncc1)C(=O)C(COCCO)c1ccccc1. The van der Waals surface area contributed by atoms with Gasteiger partial charge in [0.2, 0.25) is 5.91 Å². The van der Waals surface area contributed by atoms with Crippen LogP contribution in [0.3, 0.4) is 0 Å². The van der Waals surface area contributed by atoms with Crippen molar-refractivity contribution in [1.29, 1.82) is 0 Å². The fourth-order valence-corrected chi connectivity index (χ4v) is 2.54. The van der Waals surface area contributed by atoms with Gasteiger partial charge in [0.1, 0.15) is 0 Å². The van der Waals surface area contributed by atoms with E-state index in [1.807, 2.05) is 54.3 Å². The molecule has 1 aromatic carbocycles. The highest BCUT2D eigenvalue weighted by Crippen LogP contribution is 2.20. The van der Waals surface area contributed by atoms with Gasteiger partial charge in [0.15, 0.2) is 0 Å². The molecular weight excluding hydrogens is 304 g/mol. The lowest BCUT2D eigenvalue weighted by atomic mass is 9.98. The van der Waals surface area contributed by atoms with Crippen LogP contribution in [0.1, 0.15) is 24.0 Å². The van der Waals surface area contributed by atoms with E-state index >= 15 is 0 Å². The molecule has 0 aliphatic rings. The zero-order chi connectivity index (χ0) is 17.2. The van der Waals surface area contributed by atoms with Crippen molar-refractivity contribution in [3.8, 4) is 0 Å². The Hall–Kier alpha value is -2.24. The van der Waals surface area contributed by atoms with E-state index in [1.54, 1.807) is 12.4 Å². The number of hydrogen-bond acceptors (Lipinski definition) is 4. The third-order valence-electron chi connectivity index (χ3n) is 3.84. The van der Waals surface area contributed by atoms with E-state index in [4.69, 9.17) is 9.84 Å². The number of nitrogens with zero attached hydrogens (tertiary/aromatic N) is 2. The van der Waals surface area contributed by atoms with Crippen LogP contribution in [0.2, 0.25) is 0 Å². The molecule has 0 bridgehead atoms. The van der Waals surface area contributed by atoms with Gasteiger partial charge in [-0.3, -0.25) is 9.78 Å². The van der Waals surface area contributed by atoms with Crippen LogP contribution in [-0.2, 0) is 16.1 Å². The van der Waals surface area contributed by atoms with Crippen molar-refractivity contribution in [2.24, 2.45) is 0 Å². The maximum Gasteiger partial charge on any atom is 0.232 e. The monoisotopic (exact) mass is 328 g/mol. The molecule has 0 spiro atoms. The molecule has 0 aliphatic heterocycles. The van der Waals surface area contributed by atoms with Crippen LogP contribution in [0.25, 0.3) is 0 Å². The second-order valence-corrected chi connectivity index (χ2v) is 5.47. The summed E-state index contributed by atoms with van der Waals surface area (Å²) in [5.41, 5.74) is 1.97. The normalized spacial score (nSPS) is 11.9. The van der Waals surface area contributed by atoms with Crippen LogP contribution in [0.15, 0.2) is 54.9 Å². The summed E-state index contributed by atoms with van der Waals surface area (Å²) in [5.74, 6) is -0.349. The molecule has 0 fully saturated rings. The highest BCUT2D eigenvalue weighted by atomic mass is 16.5. The van der Waals surface area contributed by atoms with E-state index in [0.717, 1.165) is 11.1 Å². The topological polar surface area (TPSA) is 62.7 Å². The Bertz CT molecular complexity index is 605. The largest absolute Gasteiger partial charge is 0.394 e. The van der Waals surface area contributed by atoms with Crippen molar-refractivity contribution in [2.45, 2.75) is 19.4 Å². The van der Waals surface area contributed by atoms with Crippen LogP contribution in [0.5, 0.6) is 0 Å². The molecular formula is C19H24N2O3. The number of hydrogen-bond donors (Lipinski definition) is 1. The number of carbonyl (C=O) groups is 1. The lowest BCUT2D eigenvalue weighted by Gasteiger charge is -2.26. The second kappa shape index (κ2) is 9.80. The van der Waals surface area contributed by atoms with Crippen LogP contribution in [-0.4, -0.2) is 47.3 Å². The summed E-state index contributed by atoms with van der Waals surface area (Å²) in [5, 5.41) is 8.91. The minimum Gasteiger partial charge on any atom is -0.394 e. The van der Waals surface area contributed by atoms with Crippen LogP contribution < -0.4 is 0 Å². The Morgan fingerprint density at radius 2 is 1.92 bits per heavy atom. The Balaban J connectivity index is 2.14. The van der Waals surface area contributed by atoms with Gasteiger partial charge in [-0.25, -0.2) is 0 Å². The number of aliphatic hydroxyl groups excluding tert-OH is 1. The zero-order valence-electron chi connectivity index (χ0n) is 14.0. The third-order valence-corrected chi connectivity index (χ3v) is 3.84. The molecule has 0 radical (unpaired) electrons. The second-order valence-electron chi connectivity index (χ2n) is 5.47. The lowest BCUT2D eigenvalue weighted by Crippen LogP contribution is -2.36. The Morgan fingerprint density at radius 3 is 2.54 bits per heavy atom. The number of benzene rings is 1. The fourth-order valence-electron chi connectivity index (χ4n) is 2.54. The molecule has 2 rings (SSSR count). The minimum absolute atomic E-state index is 0.0263. The standard InChI is InChI=1S/C19H24N2O3/c1-2-21(14-16-8-10-20-11-9-16)19(23)18(15-24-13-12-22)17-6-4-3-5-7-17/h3-11,18,22H,2,12-15H2,1H3. The molecule has 1 atom stereocenters. The fraction of sp³-hybridized carbons (Fsp3) is 0.368. The Morgan fingerprint density at radius 1 is 1.21 bits per heavy atom. The number of carbonyl (C=O) groups excluding carboxylic acids is 1. The molecule has 0 saturated carbocycles. The molecule has 2 aromatic rings. The van der Waals surface area contributed by atoms with Crippen molar-refractivity contribution in [3.63, 3.8) is 0 Å². The van der Waals surface area contributed by atoms with Crippen LogP contribution in [0, 0.1) is 0 Å². The van der Waals surface area contributed by atoms with E-state index in [-0.39, 0.29) is 31.6 Å². The van der Waals surface area contributed by atoms with Crippen molar-refractivity contribution in [2.75, 3.05) is 26.4 Å². The predicted octanol–water partition coefficient (Wildman–Crippen LogP) is 2.22. The predicted molar refractivity (Wildman–Crippen MR) is 92.4 cm³/mol. The van der Waals surface area contributed by atoms with Crippen LogP contribution >= 0.6 is 0 Å². The molecule has 5 nitrogen and oxygen atoms in total. The van der Waals surface area contributed by atoms with E-state index < -0.39 is 0 Å². The van der Waals surface area contributed by atoms with E-state index in [9.17, 15) is 4.79 Å². The average molecular weight is 328 g/mol. The first-order valence-corrected chi connectivity index (χ1v) is 8.17. The van der Waals surface area contributed by atoms with E-state index in [0.29, 0.717) is 13.1 Å². The quantitative estimate of drug-likeness (QED) is 0.717. The molecule has 0 aliphatic carbocycles. The highest BCUT2D eigenvalue weighted by molar-refractivity contribution is 5.84. The summed E-state index contributed by atoms with van der Waals surface area (Å²) >= 11 is 0. The first-order valence-electron chi connectivity index (χ1n) is 8.17. The van der Waals surface area contributed by atoms with Crippen LogP contribution in [0.4, 0.5) is 0 Å². The zero-order valence-corrected chi connectivity index (χ0v) is 14.0. The number of aromatic nitrogens is 1. The smallest absolute Gasteiger partial charge is 0.232 e. The molecule has 0 saturated heterocycles. The van der Waals surface area contributed by atoms with Crippen molar-refractivity contribution in [3.05, 3.63) is 66.0 Å². The average Bonchev–Trinajstić information content (AvgIpc) is 2.64. The number of rotatable bonds is 9. The summed E-state index contributed by atoms with van der Waals surface area (Å²) in [7, 11) is 0. The van der Waals surface area contributed by atoms with Crippen molar-refractivity contribution < 1.29 is 14.6 Å². The summed E-state index contributed by atoms with van der Waals surface area (Å²) in [6.07, 6.45) is 3.46. The summed E-state index contributed by atoms with van der Waals surface area (Å²) in [6, 6.07) is 13.5. The number of amides is 1. The van der Waals surface area contributed by atoms with Gasteiger partial charge in [-0.15, -0.1) is 0 Å². The van der Waals surface area contributed by atoms with Crippen molar-refractivity contribution >= 4 is 5.91 Å². The van der Waals surface area contributed by atoms with Gasteiger partial charge < -0.3 is 14.7 Å². The first kappa shape index (κ1) is 18.1. The van der Waals surface area contributed by atoms with E-state index in [2.05, 4.69) is 4.98 Å². The maximum atomic E-state index is 13.0. The summed E-state index contributed by atoms with van der Waals surface area (Å²) in [6.45, 7) is 3.56. The third kappa shape index (κ3) is 5.15. The number of likely N-dealkylation sites (N-methyl/N-ethyl adjacent to an activating group) is 1. The Kier molecular flexibility index (Phi) is 7.39. The van der Waals surface area contributed by atoms with Gasteiger partial charge in [0.05, 0.1) is 25.7 Å². The van der Waals surface area contributed by atoms with Gasteiger partial charge in [0.25, 0.3) is 0 Å². The molecule has 1 unspecified atom stereocenters. The minimum atomic E-state index is -0.375. The highest BCUT2D eigenvalue weighted by Gasteiger charge is 2.25. The molecule has 1 aromatic heterocycles. The van der Waals surface area contributed by atoms with Crippen molar-refractivity contribution in [1.82, 2.24) is 9.88 Å². The lowest BCUT2D eigenvalue weighted by molar-refractivity contribution is -0.134. The molecule has 5 heteroatoms. The molecule has 128 valence electrons. The molecule has 1 heterocycles. The number of ether oxygens (including phenoxy) is 1. The van der Waals surface area contributed by atoms with Gasteiger partial charge >= 0.3 is 0 Å². The van der Waals surface area contributed by atoms with E-state index in [1.165, 1.54) is 0 Å². The molecule has 24 heavy (non-hydrogen) atoms. The van der Waals surface area contributed by atoms with Gasteiger partial charge in [-0.2, -0.15) is 0 Å². The number of aliphatic hydroxyl groups is 1. The Labute approximate surface area is 142 Å². The van der Waals surface area contributed by atoms with Gasteiger partial charge in [0, 0.05) is 25.5 Å². The molecule has 1 N–H and O–H groups in total. The maximum absolute atomic E-state index is 13.0. The summed E-state index contributed by atoms with van der Waals surface area (Å²) < 4.78 is 5.46. The molecule has 1 amide bonds. The van der Waals surface area contributed by atoms with Gasteiger partial charge in [-0.05, 0) is 30.2 Å². The van der Waals surface area contributed by atoms with Gasteiger partial charge in [-0.1, -0.05) is 30.3 Å².